The van der Waals surface area contributed by atoms with Crippen LogP contribution in [0.1, 0.15) is 12.0 Å². The molecule has 2 rings (SSSR count). The van der Waals surface area contributed by atoms with Crippen LogP contribution in [0.15, 0.2) is 30.5 Å². The fourth-order valence-electron chi connectivity index (χ4n) is 2.15. The molecule has 4 heteroatoms. The molecular weight excluding hydrogens is 226 g/mol. The maximum Gasteiger partial charge on any atom is 0.128 e. The maximum atomic E-state index is 5.58. The molecule has 0 amide bonds. The Morgan fingerprint density at radius 2 is 2.11 bits per heavy atom. The Morgan fingerprint density at radius 3 is 2.83 bits per heavy atom. The van der Waals surface area contributed by atoms with Crippen molar-refractivity contribution in [1.29, 1.82) is 0 Å². The molecule has 0 bridgehead atoms. The van der Waals surface area contributed by atoms with E-state index in [0.29, 0.717) is 6.54 Å². The van der Waals surface area contributed by atoms with Crippen molar-refractivity contribution in [2.45, 2.75) is 12.8 Å². The van der Waals surface area contributed by atoms with Gasteiger partial charge in [-0.15, -0.1) is 0 Å². The summed E-state index contributed by atoms with van der Waals surface area (Å²) in [5, 5.41) is 4.34. The monoisotopic (exact) mass is 245 g/mol. The fourth-order valence-corrected chi connectivity index (χ4v) is 2.15. The van der Waals surface area contributed by atoms with Gasteiger partial charge in [0.05, 0.1) is 19.0 Å². The number of hydrogen-bond acceptors (Lipinski definition) is 3. The van der Waals surface area contributed by atoms with E-state index in [0.717, 1.165) is 29.8 Å². The normalized spacial score (nSPS) is 10.6. The molecule has 0 saturated heterocycles. The minimum absolute atomic E-state index is 0.695. The minimum atomic E-state index is 0.695. The van der Waals surface area contributed by atoms with E-state index < -0.39 is 0 Å². The zero-order valence-corrected chi connectivity index (χ0v) is 10.9. The molecule has 0 atom stereocenters. The molecule has 0 unspecified atom stereocenters. The smallest absolute Gasteiger partial charge is 0.128 e. The van der Waals surface area contributed by atoms with E-state index in [4.69, 9.17) is 10.5 Å². The van der Waals surface area contributed by atoms with Crippen molar-refractivity contribution < 1.29 is 4.74 Å². The first-order valence-corrected chi connectivity index (χ1v) is 6.12. The topological polar surface area (TPSA) is 53.1 Å². The van der Waals surface area contributed by atoms with Gasteiger partial charge in [0.15, 0.2) is 0 Å². The molecule has 0 fully saturated rings. The van der Waals surface area contributed by atoms with Gasteiger partial charge in [0.1, 0.15) is 5.75 Å². The van der Waals surface area contributed by atoms with Crippen molar-refractivity contribution >= 4 is 0 Å². The van der Waals surface area contributed by atoms with Gasteiger partial charge in [-0.1, -0.05) is 12.1 Å². The summed E-state index contributed by atoms with van der Waals surface area (Å²) < 4.78 is 7.31. The van der Waals surface area contributed by atoms with Crippen LogP contribution in [-0.4, -0.2) is 23.4 Å². The molecule has 0 spiro atoms. The highest BCUT2D eigenvalue weighted by Gasteiger charge is 2.14. The molecule has 0 saturated carbocycles. The van der Waals surface area contributed by atoms with E-state index in [-0.39, 0.29) is 0 Å². The number of benzene rings is 1. The number of nitrogens with zero attached hydrogens (tertiary/aromatic N) is 2. The maximum absolute atomic E-state index is 5.58. The van der Waals surface area contributed by atoms with E-state index in [9.17, 15) is 0 Å². The summed E-state index contributed by atoms with van der Waals surface area (Å²) in [5.74, 6) is 0.870. The molecular formula is C14H19N3O. The summed E-state index contributed by atoms with van der Waals surface area (Å²) >= 11 is 0. The van der Waals surface area contributed by atoms with Crippen LogP contribution < -0.4 is 10.5 Å². The van der Waals surface area contributed by atoms with E-state index in [1.165, 1.54) is 5.56 Å². The second-order valence-electron chi connectivity index (χ2n) is 4.23. The highest BCUT2D eigenvalue weighted by molar-refractivity contribution is 5.70. The van der Waals surface area contributed by atoms with E-state index in [1.807, 2.05) is 36.1 Å². The lowest BCUT2D eigenvalue weighted by Gasteiger charge is -2.10. The van der Waals surface area contributed by atoms with Crippen LogP contribution in [0.5, 0.6) is 5.75 Å². The quantitative estimate of drug-likeness (QED) is 0.876. The first kappa shape index (κ1) is 12.6. The summed E-state index contributed by atoms with van der Waals surface area (Å²) in [6.07, 6.45) is 3.82. The summed E-state index contributed by atoms with van der Waals surface area (Å²) in [5.41, 5.74) is 8.98. The minimum Gasteiger partial charge on any atom is -0.496 e. The Kier molecular flexibility index (Phi) is 3.99. The number of aromatic nitrogens is 2. The molecule has 0 aliphatic carbocycles. The molecule has 96 valence electrons. The van der Waals surface area contributed by atoms with Crippen LogP contribution in [0.25, 0.3) is 11.3 Å². The van der Waals surface area contributed by atoms with Gasteiger partial charge in [-0.05, 0) is 37.1 Å². The van der Waals surface area contributed by atoms with Gasteiger partial charge in [-0.3, -0.25) is 4.68 Å². The number of hydrogen-bond donors (Lipinski definition) is 1. The molecule has 0 aliphatic heterocycles. The molecule has 1 aromatic carbocycles. The van der Waals surface area contributed by atoms with Crippen LogP contribution in [-0.2, 0) is 13.5 Å². The Bertz CT molecular complexity index is 520. The number of rotatable bonds is 5. The van der Waals surface area contributed by atoms with Crippen LogP contribution >= 0.6 is 0 Å². The molecule has 2 N–H and O–H groups in total. The lowest BCUT2D eigenvalue weighted by molar-refractivity contribution is 0.416. The van der Waals surface area contributed by atoms with Crippen LogP contribution in [0.4, 0.5) is 0 Å². The van der Waals surface area contributed by atoms with Crippen molar-refractivity contribution in [3.63, 3.8) is 0 Å². The molecule has 18 heavy (non-hydrogen) atoms. The van der Waals surface area contributed by atoms with Crippen molar-refractivity contribution in [1.82, 2.24) is 9.78 Å². The van der Waals surface area contributed by atoms with Crippen LogP contribution in [0.3, 0.4) is 0 Å². The van der Waals surface area contributed by atoms with E-state index in [2.05, 4.69) is 11.2 Å². The number of aryl methyl sites for hydroxylation is 2. The van der Waals surface area contributed by atoms with Crippen molar-refractivity contribution in [2.24, 2.45) is 12.8 Å². The van der Waals surface area contributed by atoms with Crippen molar-refractivity contribution in [3.8, 4) is 17.0 Å². The standard InChI is InChI=1S/C14H19N3O/c1-17-14(11(10-16-17)6-5-9-15)12-7-3-4-8-13(12)18-2/h3-4,7-8,10H,5-6,9,15H2,1-2H3. The van der Waals surface area contributed by atoms with Gasteiger partial charge in [0.2, 0.25) is 0 Å². The number of para-hydroxylation sites is 1. The third-order valence-corrected chi connectivity index (χ3v) is 3.03. The van der Waals surface area contributed by atoms with Gasteiger partial charge in [-0.25, -0.2) is 0 Å². The summed E-state index contributed by atoms with van der Waals surface area (Å²) in [4.78, 5) is 0. The molecule has 1 heterocycles. The average Bonchev–Trinajstić information content (AvgIpc) is 2.77. The Morgan fingerprint density at radius 1 is 1.33 bits per heavy atom. The van der Waals surface area contributed by atoms with E-state index >= 15 is 0 Å². The molecule has 2 aromatic rings. The summed E-state index contributed by atoms with van der Waals surface area (Å²) in [7, 11) is 3.64. The third-order valence-electron chi connectivity index (χ3n) is 3.03. The van der Waals surface area contributed by atoms with Gasteiger partial charge in [0, 0.05) is 12.6 Å². The Balaban J connectivity index is 2.45. The lowest BCUT2D eigenvalue weighted by Crippen LogP contribution is -2.02. The van der Waals surface area contributed by atoms with Crippen molar-refractivity contribution in [2.75, 3.05) is 13.7 Å². The van der Waals surface area contributed by atoms with E-state index in [1.54, 1.807) is 7.11 Å². The van der Waals surface area contributed by atoms with Gasteiger partial charge >= 0.3 is 0 Å². The van der Waals surface area contributed by atoms with Gasteiger partial charge < -0.3 is 10.5 Å². The first-order valence-electron chi connectivity index (χ1n) is 6.12. The van der Waals surface area contributed by atoms with Crippen LogP contribution in [0.2, 0.25) is 0 Å². The summed E-state index contributed by atoms with van der Waals surface area (Å²) in [6.45, 7) is 0.695. The molecule has 0 aliphatic rings. The van der Waals surface area contributed by atoms with Gasteiger partial charge in [-0.2, -0.15) is 5.10 Å². The third kappa shape index (κ3) is 2.38. The van der Waals surface area contributed by atoms with Crippen LogP contribution in [0, 0.1) is 0 Å². The Labute approximate surface area is 107 Å². The fraction of sp³-hybridized carbons (Fsp3) is 0.357. The second kappa shape index (κ2) is 5.69. The highest BCUT2D eigenvalue weighted by atomic mass is 16.5. The SMILES string of the molecule is COc1ccccc1-c1c(CCCN)cnn1C. The number of methoxy groups -OCH3 is 1. The number of nitrogens with two attached hydrogens (primary N) is 1. The Hall–Kier alpha value is -1.81. The molecule has 0 radical (unpaired) electrons. The molecule has 4 nitrogen and oxygen atoms in total. The largest absolute Gasteiger partial charge is 0.496 e. The van der Waals surface area contributed by atoms with Gasteiger partial charge in [0.25, 0.3) is 0 Å². The highest BCUT2D eigenvalue weighted by Crippen LogP contribution is 2.32. The first-order chi connectivity index (χ1) is 8.77. The molecule has 1 aromatic heterocycles. The van der Waals surface area contributed by atoms with Crippen molar-refractivity contribution in [3.05, 3.63) is 36.0 Å². The zero-order chi connectivity index (χ0) is 13.0. The predicted octanol–water partition coefficient (Wildman–Crippen LogP) is 1.99. The summed E-state index contributed by atoms with van der Waals surface area (Å²) in [6, 6.07) is 8.01. The second-order valence-corrected chi connectivity index (χ2v) is 4.23. The zero-order valence-electron chi connectivity index (χ0n) is 10.9. The number of ether oxygens (including phenoxy) is 1. The average molecular weight is 245 g/mol. The predicted molar refractivity (Wildman–Crippen MR) is 72.6 cm³/mol. The lowest BCUT2D eigenvalue weighted by atomic mass is 10.0.